The zero-order valence-corrected chi connectivity index (χ0v) is 10.9. The fraction of sp³-hybridized carbons (Fsp3) is 0.357. The van der Waals surface area contributed by atoms with E-state index in [9.17, 15) is 0 Å². The highest BCUT2D eigenvalue weighted by Gasteiger charge is 2.04. The molecule has 0 amide bonds. The van der Waals surface area contributed by atoms with Gasteiger partial charge in [0.25, 0.3) is 0 Å². The zero-order chi connectivity index (χ0) is 13.0. The third kappa shape index (κ3) is 2.71. The molecule has 2 rings (SSSR count). The molecule has 0 saturated heterocycles. The SMILES string of the molecule is COc1ccc2nc(NCCCN)cc(C)c2c1. The second-order valence-electron chi connectivity index (χ2n) is 4.28. The molecule has 4 nitrogen and oxygen atoms in total. The van der Waals surface area contributed by atoms with Crippen molar-refractivity contribution < 1.29 is 4.74 Å². The molecule has 0 aliphatic heterocycles. The van der Waals surface area contributed by atoms with Crippen molar-refractivity contribution in [1.29, 1.82) is 0 Å². The van der Waals surface area contributed by atoms with Gasteiger partial charge in [0.15, 0.2) is 0 Å². The van der Waals surface area contributed by atoms with Crippen molar-refractivity contribution in [1.82, 2.24) is 4.98 Å². The van der Waals surface area contributed by atoms with E-state index in [1.54, 1.807) is 7.11 Å². The van der Waals surface area contributed by atoms with Gasteiger partial charge in [0.1, 0.15) is 11.6 Å². The van der Waals surface area contributed by atoms with Crippen LogP contribution in [0.3, 0.4) is 0 Å². The van der Waals surface area contributed by atoms with Gasteiger partial charge in [-0.15, -0.1) is 0 Å². The molecular formula is C14H19N3O. The first-order chi connectivity index (χ1) is 8.74. The number of ether oxygens (including phenoxy) is 1. The Morgan fingerprint density at radius 2 is 2.17 bits per heavy atom. The van der Waals surface area contributed by atoms with Crippen LogP contribution in [0.1, 0.15) is 12.0 Å². The van der Waals surface area contributed by atoms with Gasteiger partial charge in [-0.1, -0.05) is 0 Å². The highest BCUT2D eigenvalue weighted by Crippen LogP contribution is 2.24. The predicted octanol–water partition coefficient (Wildman–Crippen LogP) is 2.31. The van der Waals surface area contributed by atoms with Crippen LogP contribution in [0.2, 0.25) is 0 Å². The van der Waals surface area contributed by atoms with Crippen molar-refractivity contribution in [3.05, 3.63) is 29.8 Å². The number of fused-ring (bicyclic) bond motifs is 1. The van der Waals surface area contributed by atoms with E-state index in [0.717, 1.165) is 35.4 Å². The normalized spacial score (nSPS) is 10.6. The average molecular weight is 245 g/mol. The van der Waals surface area contributed by atoms with Crippen LogP contribution in [0, 0.1) is 6.92 Å². The van der Waals surface area contributed by atoms with Gasteiger partial charge >= 0.3 is 0 Å². The van der Waals surface area contributed by atoms with Crippen molar-refractivity contribution in [2.45, 2.75) is 13.3 Å². The molecule has 18 heavy (non-hydrogen) atoms. The molecule has 1 aromatic carbocycles. The van der Waals surface area contributed by atoms with Gasteiger partial charge in [-0.3, -0.25) is 0 Å². The first-order valence-corrected chi connectivity index (χ1v) is 6.14. The van der Waals surface area contributed by atoms with Crippen LogP contribution >= 0.6 is 0 Å². The molecule has 3 N–H and O–H groups in total. The van der Waals surface area contributed by atoms with Crippen LogP contribution in [-0.2, 0) is 0 Å². The van der Waals surface area contributed by atoms with Crippen molar-refractivity contribution in [2.75, 3.05) is 25.5 Å². The summed E-state index contributed by atoms with van der Waals surface area (Å²) in [4.78, 5) is 4.58. The maximum atomic E-state index is 5.47. The monoisotopic (exact) mass is 245 g/mol. The van der Waals surface area contributed by atoms with E-state index < -0.39 is 0 Å². The molecule has 0 aliphatic carbocycles. The molecule has 0 radical (unpaired) electrons. The maximum absolute atomic E-state index is 5.47. The number of hydrogen-bond donors (Lipinski definition) is 2. The quantitative estimate of drug-likeness (QED) is 0.794. The summed E-state index contributed by atoms with van der Waals surface area (Å²) in [7, 11) is 1.67. The number of nitrogens with two attached hydrogens (primary N) is 1. The van der Waals surface area contributed by atoms with Crippen molar-refractivity contribution >= 4 is 16.7 Å². The lowest BCUT2D eigenvalue weighted by Crippen LogP contribution is -2.09. The van der Waals surface area contributed by atoms with Crippen LogP contribution in [-0.4, -0.2) is 25.2 Å². The smallest absolute Gasteiger partial charge is 0.126 e. The van der Waals surface area contributed by atoms with Crippen LogP contribution < -0.4 is 15.8 Å². The highest BCUT2D eigenvalue weighted by atomic mass is 16.5. The molecule has 96 valence electrons. The van der Waals surface area contributed by atoms with Gasteiger partial charge < -0.3 is 15.8 Å². The van der Waals surface area contributed by atoms with E-state index in [4.69, 9.17) is 10.5 Å². The number of benzene rings is 1. The van der Waals surface area contributed by atoms with Crippen LogP contribution in [0.4, 0.5) is 5.82 Å². The third-order valence-corrected chi connectivity index (χ3v) is 2.91. The molecule has 0 saturated carbocycles. The minimum atomic E-state index is 0.691. The lowest BCUT2D eigenvalue weighted by molar-refractivity contribution is 0.415. The van der Waals surface area contributed by atoms with Gasteiger partial charge in [0.05, 0.1) is 12.6 Å². The van der Waals surface area contributed by atoms with E-state index in [-0.39, 0.29) is 0 Å². The molecule has 0 aliphatic rings. The van der Waals surface area contributed by atoms with Gasteiger partial charge in [0.2, 0.25) is 0 Å². The lowest BCUT2D eigenvalue weighted by Gasteiger charge is -2.09. The number of nitrogens with one attached hydrogen (secondary N) is 1. The molecule has 0 spiro atoms. The largest absolute Gasteiger partial charge is 0.497 e. The number of aromatic nitrogens is 1. The maximum Gasteiger partial charge on any atom is 0.126 e. The minimum Gasteiger partial charge on any atom is -0.497 e. The predicted molar refractivity (Wildman–Crippen MR) is 75.2 cm³/mol. The summed E-state index contributed by atoms with van der Waals surface area (Å²) in [5.74, 6) is 1.76. The van der Waals surface area contributed by atoms with E-state index in [2.05, 4.69) is 23.3 Å². The highest BCUT2D eigenvalue weighted by molar-refractivity contribution is 5.85. The minimum absolute atomic E-state index is 0.691. The van der Waals surface area contributed by atoms with Crippen LogP contribution in [0.25, 0.3) is 10.9 Å². The van der Waals surface area contributed by atoms with Crippen molar-refractivity contribution in [3.63, 3.8) is 0 Å². The molecule has 2 aromatic rings. The molecule has 0 unspecified atom stereocenters. The number of aryl methyl sites for hydroxylation is 1. The Morgan fingerprint density at radius 1 is 1.33 bits per heavy atom. The van der Waals surface area contributed by atoms with Crippen LogP contribution in [0.15, 0.2) is 24.3 Å². The Labute approximate surface area is 107 Å². The Kier molecular flexibility index (Phi) is 3.99. The fourth-order valence-electron chi connectivity index (χ4n) is 1.91. The number of pyridine rings is 1. The zero-order valence-electron chi connectivity index (χ0n) is 10.9. The molecule has 4 heteroatoms. The first-order valence-electron chi connectivity index (χ1n) is 6.14. The van der Waals surface area contributed by atoms with Gasteiger partial charge in [-0.25, -0.2) is 4.98 Å². The van der Waals surface area contributed by atoms with Gasteiger partial charge in [0, 0.05) is 11.9 Å². The van der Waals surface area contributed by atoms with Crippen LogP contribution in [0.5, 0.6) is 5.75 Å². The molecule has 1 heterocycles. The standard InChI is InChI=1S/C14H19N3O/c1-10-8-14(16-7-3-6-15)17-13-5-4-11(18-2)9-12(10)13/h4-5,8-9H,3,6-7,15H2,1-2H3,(H,16,17). The Morgan fingerprint density at radius 3 is 2.89 bits per heavy atom. The number of nitrogens with zero attached hydrogens (tertiary/aromatic N) is 1. The second-order valence-corrected chi connectivity index (χ2v) is 4.28. The van der Waals surface area contributed by atoms with E-state index in [1.165, 1.54) is 5.56 Å². The average Bonchev–Trinajstić information content (AvgIpc) is 2.39. The summed E-state index contributed by atoms with van der Waals surface area (Å²) in [6.45, 7) is 3.62. The molecular weight excluding hydrogens is 226 g/mol. The molecule has 0 atom stereocenters. The topological polar surface area (TPSA) is 60.2 Å². The molecule has 1 aromatic heterocycles. The molecule has 0 fully saturated rings. The summed E-state index contributed by atoms with van der Waals surface area (Å²) < 4.78 is 5.23. The number of hydrogen-bond acceptors (Lipinski definition) is 4. The Hall–Kier alpha value is -1.81. The summed E-state index contributed by atoms with van der Waals surface area (Å²) in [6, 6.07) is 7.98. The third-order valence-electron chi connectivity index (χ3n) is 2.91. The van der Waals surface area contributed by atoms with E-state index >= 15 is 0 Å². The number of anilines is 1. The van der Waals surface area contributed by atoms with Crippen molar-refractivity contribution in [2.24, 2.45) is 5.73 Å². The second kappa shape index (κ2) is 5.69. The van der Waals surface area contributed by atoms with Crippen molar-refractivity contribution in [3.8, 4) is 5.75 Å². The summed E-state index contributed by atoms with van der Waals surface area (Å²) in [5, 5.41) is 4.41. The number of rotatable bonds is 5. The summed E-state index contributed by atoms with van der Waals surface area (Å²) in [5.41, 5.74) is 7.64. The lowest BCUT2D eigenvalue weighted by atomic mass is 10.1. The summed E-state index contributed by atoms with van der Waals surface area (Å²) >= 11 is 0. The first kappa shape index (κ1) is 12.6. The summed E-state index contributed by atoms with van der Waals surface area (Å²) in [6.07, 6.45) is 0.946. The van der Waals surface area contributed by atoms with Gasteiger partial charge in [-0.2, -0.15) is 0 Å². The fourth-order valence-corrected chi connectivity index (χ4v) is 1.91. The van der Waals surface area contributed by atoms with Gasteiger partial charge in [-0.05, 0) is 49.7 Å². The Bertz CT molecular complexity index is 540. The molecule has 0 bridgehead atoms. The number of methoxy groups -OCH3 is 1. The Balaban J connectivity index is 2.31. The van der Waals surface area contributed by atoms with E-state index in [1.807, 2.05) is 18.2 Å². The van der Waals surface area contributed by atoms with E-state index in [0.29, 0.717) is 6.54 Å².